The van der Waals surface area contributed by atoms with E-state index in [0.717, 1.165) is 12.8 Å². The number of carbonyl (C=O) groups is 1. The Hall–Kier alpha value is -0.650. The number of unbranched alkanes of at least 4 members (excludes halogenated alkanes) is 12. The summed E-state index contributed by atoms with van der Waals surface area (Å²) in [5.74, 6) is -0.195. The molecule has 0 aromatic carbocycles. The first-order valence-corrected chi connectivity index (χ1v) is 13.5. The molecule has 0 fully saturated rings. The van der Waals surface area contributed by atoms with Gasteiger partial charge in [0.1, 0.15) is 0 Å². The number of rotatable bonds is 22. The number of carboxylic acids is 1. The van der Waals surface area contributed by atoms with E-state index in [4.69, 9.17) is 20.4 Å². The van der Waals surface area contributed by atoms with Gasteiger partial charge in [-0.25, -0.2) is 0 Å². The lowest BCUT2D eigenvalue weighted by Gasteiger charge is -2.24. The third-order valence-electron chi connectivity index (χ3n) is 6.65. The summed E-state index contributed by atoms with van der Waals surface area (Å²) in [6.45, 7) is 5.85. The average Bonchev–Trinajstić information content (AvgIpc) is 2.79. The standard InChI is InChI=1S/C21H42O2.C6H14O3/c1-3-5-7-9-11-12-14-16-18-20(19-21(22)23)17-15-13-10-8-6-4-2;1-2-6(3-7,4-8)5-9/h20H,3-19H2,1-2H3,(H,22,23);7-9H,2-5H2,1H3. The minimum absolute atomic E-state index is 0.156. The maximum absolute atomic E-state index is 11.0. The van der Waals surface area contributed by atoms with E-state index in [1.165, 1.54) is 89.9 Å². The molecule has 32 heavy (non-hydrogen) atoms. The van der Waals surface area contributed by atoms with Crippen LogP contribution in [-0.4, -0.2) is 46.2 Å². The van der Waals surface area contributed by atoms with Gasteiger partial charge in [-0.3, -0.25) is 4.79 Å². The molecule has 0 saturated heterocycles. The van der Waals surface area contributed by atoms with Gasteiger partial charge in [0, 0.05) is 11.8 Å². The molecule has 0 saturated carbocycles. The molecule has 5 heteroatoms. The van der Waals surface area contributed by atoms with Crippen molar-refractivity contribution in [3.8, 4) is 0 Å². The molecule has 0 aliphatic heterocycles. The van der Waals surface area contributed by atoms with Crippen molar-refractivity contribution in [2.45, 2.75) is 136 Å². The van der Waals surface area contributed by atoms with Crippen LogP contribution in [0.4, 0.5) is 0 Å². The van der Waals surface area contributed by atoms with Crippen molar-refractivity contribution in [1.29, 1.82) is 0 Å². The van der Waals surface area contributed by atoms with E-state index in [1.807, 2.05) is 6.92 Å². The van der Waals surface area contributed by atoms with Crippen LogP contribution in [0.5, 0.6) is 0 Å². The fourth-order valence-electron chi connectivity index (χ4n) is 3.86. The molecule has 0 aromatic rings. The molecule has 1 atom stereocenters. The highest BCUT2D eigenvalue weighted by atomic mass is 16.4. The third-order valence-corrected chi connectivity index (χ3v) is 6.65. The Morgan fingerprint density at radius 3 is 1.22 bits per heavy atom. The van der Waals surface area contributed by atoms with Crippen molar-refractivity contribution in [3.63, 3.8) is 0 Å². The molecule has 0 rings (SSSR count). The molecule has 5 nitrogen and oxygen atoms in total. The van der Waals surface area contributed by atoms with E-state index in [0.29, 0.717) is 18.8 Å². The topological polar surface area (TPSA) is 98.0 Å². The second kappa shape index (κ2) is 25.0. The zero-order valence-electron chi connectivity index (χ0n) is 21.6. The van der Waals surface area contributed by atoms with Crippen LogP contribution in [-0.2, 0) is 4.79 Å². The van der Waals surface area contributed by atoms with Gasteiger partial charge in [-0.2, -0.15) is 0 Å². The molecule has 0 heterocycles. The minimum atomic E-state index is -0.667. The summed E-state index contributed by atoms with van der Waals surface area (Å²) in [6.07, 6.45) is 21.7. The highest BCUT2D eigenvalue weighted by Crippen LogP contribution is 2.22. The zero-order valence-corrected chi connectivity index (χ0v) is 21.6. The summed E-state index contributed by atoms with van der Waals surface area (Å²) >= 11 is 0. The average molecular weight is 461 g/mol. The predicted octanol–water partition coefficient (Wildman–Crippen LogP) is 6.72. The van der Waals surface area contributed by atoms with Crippen molar-refractivity contribution < 1.29 is 25.2 Å². The lowest BCUT2D eigenvalue weighted by atomic mass is 9.88. The quantitative estimate of drug-likeness (QED) is 0.134. The highest BCUT2D eigenvalue weighted by molar-refractivity contribution is 5.66. The van der Waals surface area contributed by atoms with Crippen LogP contribution in [0.15, 0.2) is 0 Å². The fourth-order valence-corrected chi connectivity index (χ4v) is 3.86. The molecule has 0 aromatic heterocycles. The molecule has 0 amide bonds. The summed E-state index contributed by atoms with van der Waals surface area (Å²) in [6, 6.07) is 0. The Morgan fingerprint density at radius 1 is 0.625 bits per heavy atom. The van der Waals surface area contributed by atoms with Crippen molar-refractivity contribution >= 4 is 5.97 Å². The number of aliphatic hydroxyl groups is 3. The van der Waals surface area contributed by atoms with Crippen LogP contribution < -0.4 is 0 Å². The van der Waals surface area contributed by atoms with Gasteiger partial charge in [0.2, 0.25) is 0 Å². The maximum atomic E-state index is 11.0. The Balaban J connectivity index is 0. The first kappa shape index (κ1) is 33.5. The van der Waals surface area contributed by atoms with Crippen LogP contribution >= 0.6 is 0 Å². The first-order valence-electron chi connectivity index (χ1n) is 13.5. The number of hydrogen-bond acceptors (Lipinski definition) is 4. The van der Waals surface area contributed by atoms with Crippen molar-refractivity contribution in [2.75, 3.05) is 19.8 Å². The third kappa shape index (κ3) is 21.2. The van der Waals surface area contributed by atoms with Gasteiger partial charge >= 0.3 is 5.97 Å². The van der Waals surface area contributed by atoms with Crippen molar-refractivity contribution in [2.24, 2.45) is 11.3 Å². The molecule has 0 radical (unpaired) electrons. The van der Waals surface area contributed by atoms with E-state index in [1.54, 1.807) is 0 Å². The number of aliphatic hydroxyl groups excluding tert-OH is 3. The molecular weight excluding hydrogens is 404 g/mol. The van der Waals surface area contributed by atoms with Gasteiger partial charge in [0.25, 0.3) is 0 Å². The Labute approximate surface area is 199 Å². The second-order valence-electron chi connectivity index (χ2n) is 9.61. The Bertz CT molecular complexity index is 365. The summed E-state index contributed by atoms with van der Waals surface area (Å²) in [5.41, 5.74) is -0.667. The SMILES string of the molecule is CCC(CO)(CO)CO.CCCCCCCCCCC(CCCCCCCC)CC(=O)O. The molecular formula is C27H56O5. The first-order chi connectivity index (χ1) is 15.4. The van der Waals surface area contributed by atoms with E-state index in [2.05, 4.69) is 13.8 Å². The minimum Gasteiger partial charge on any atom is -0.481 e. The summed E-state index contributed by atoms with van der Waals surface area (Å²) in [4.78, 5) is 11.0. The number of hydrogen-bond donors (Lipinski definition) is 4. The van der Waals surface area contributed by atoms with Crippen LogP contribution in [0.3, 0.4) is 0 Å². The van der Waals surface area contributed by atoms with Gasteiger partial charge in [0.05, 0.1) is 19.8 Å². The van der Waals surface area contributed by atoms with Gasteiger partial charge in [-0.1, -0.05) is 111 Å². The van der Waals surface area contributed by atoms with E-state index in [-0.39, 0.29) is 19.8 Å². The van der Waals surface area contributed by atoms with Gasteiger partial charge in [-0.05, 0) is 25.2 Å². The normalized spacial score (nSPS) is 12.3. The second-order valence-corrected chi connectivity index (χ2v) is 9.61. The summed E-state index contributed by atoms with van der Waals surface area (Å²) in [7, 11) is 0. The predicted molar refractivity (Wildman–Crippen MR) is 135 cm³/mol. The van der Waals surface area contributed by atoms with Gasteiger partial charge in [-0.15, -0.1) is 0 Å². The maximum Gasteiger partial charge on any atom is 0.303 e. The molecule has 0 aliphatic rings. The monoisotopic (exact) mass is 460 g/mol. The summed E-state index contributed by atoms with van der Waals surface area (Å²) in [5, 5.41) is 35.0. The van der Waals surface area contributed by atoms with Crippen LogP contribution in [0.2, 0.25) is 0 Å². The summed E-state index contributed by atoms with van der Waals surface area (Å²) < 4.78 is 0. The smallest absolute Gasteiger partial charge is 0.303 e. The van der Waals surface area contributed by atoms with E-state index < -0.39 is 11.4 Å². The molecule has 4 N–H and O–H groups in total. The number of carboxylic acid groups (broad SMARTS) is 1. The molecule has 194 valence electrons. The van der Waals surface area contributed by atoms with E-state index in [9.17, 15) is 4.79 Å². The highest BCUT2D eigenvalue weighted by Gasteiger charge is 2.24. The van der Waals surface area contributed by atoms with Crippen LogP contribution in [0.1, 0.15) is 136 Å². The molecule has 0 bridgehead atoms. The lowest BCUT2D eigenvalue weighted by Crippen LogP contribution is -2.32. The fraction of sp³-hybridized carbons (Fsp3) is 0.963. The van der Waals surface area contributed by atoms with E-state index >= 15 is 0 Å². The Morgan fingerprint density at radius 2 is 0.969 bits per heavy atom. The Kier molecular flexibility index (Phi) is 26.2. The van der Waals surface area contributed by atoms with Crippen molar-refractivity contribution in [3.05, 3.63) is 0 Å². The van der Waals surface area contributed by atoms with Gasteiger partial charge < -0.3 is 20.4 Å². The molecule has 0 aliphatic carbocycles. The van der Waals surface area contributed by atoms with Gasteiger partial charge in [0.15, 0.2) is 0 Å². The molecule has 1 unspecified atom stereocenters. The van der Waals surface area contributed by atoms with Crippen molar-refractivity contribution in [1.82, 2.24) is 0 Å². The number of aliphatic carboxylic acids is 1. The van der Waals surface area contributed by atoms with Crippen LogP contribution in [0.25, 0.3) is 0 Å². The van der Waals surface area contributed by atoms with Crippen LogP contribution in [0, 0.1) is 11.3 Å². The molecule has 0 spiro atoms. The largest absolute Gasteiger partial charge is 0.481 e. The lowest BCUT2D eigenvalue weighted by molar-refractivity contribution is -0.138. The zero-order chi connectivity index (χ0) is 24.5.